The summed E-state index contributed by atoms with van der Waals surface area (Å²) in [6.45, 7) is 0. The van der Waals surface area contributed by atoms with Gasteiger partial charge in [0.1, 0.15) is 6.04 Å². The maximum absolute atomic E-state index is 13.2. The quantitative estimate of drug-likeness (QED) is 0.369. The lowest BCUT2D eigenvalue weighted by molar-refractivity contribution is -0.144. The Morgan fingerprint density at radius 2 is 1.26 bits per heavy atom. The molecule has 1 aliphatic rings. The largest absolute Gasteiger partial charge is 0.467 e. The van der Waals surface area contributed by atoms with Gasteiger partial charge in [-0.1, -0.05) is 48.5 Å². The van der Waals surface area contributed by atoms with Gasteiger partial charge in [0, 0.05) is 11.5 Å². The van der Waals surface area contributed by atoms with Crippen molar-refractivity contribution in [2.75, 3.05) is 7.11 Å². The third kappa shape index (κ3) is 4.60. The van der Waals surface area contributed by atoms with Gasteiger partial charge < -0.3 is 10.1 Å². The van der Waals surface area contributed by atoms with E-state index in [4.69, 9.17) is 4.74 Å². The SMILES string of the molecule is COC(=O)[C@@H](NC(=O)c1cc(C(F)(F)F)cc(C(F)(F)F)c1)C1c2ccccc2-c2ccccc21. The fourth-order valence-corrected chi connectivity index (χ4v) is 4.27. The highest BCUT2D eigenvalue weighted by atomic mass is 19.4. The van der Waals surface area contributed by atoms with E-state index in [1.165, 1.54) is 0 Å². The second kappa shape index (κ2) is 8.75. The fourth-order valence-electron chi connectivity index (χ4n) is 4.27. The van der Waals surface area contributed by atoms with Gasteiger partial charge in [-0.25, -0.2) is 4.79 Å². The van der Waals surface area contributed by atoms with Crippen LogP contribution in [0.15, 0.2) is 66.7 Å². The summed E-state index contributed by atoms with van der Waals surface area (Å²) in [6.07, 6.45) is -10.2. The van der Waals surface area contributed by atoms with Gasteiger partial charge in [-0.15, -0.1) is 0 Å². The van der Waals surface area contributed by atoms with Crippen LogP contribution in [-0.2, 0) is 21.9 Å². The number of esters is 1. The molecule has 0 unspecified atom stereocenters. The van der Waals surface area contributed by atoms with Crippen molar-refractivity contribution in [3.63, 3.8) is 0 Å². The van der Waals surface area contributed by atoms with E-state index in [0.29, 0.717) is 23.3 Å². The van der Waals surface area contributed by atoms with Gasteiger partial charge in [0.05, 0.1) is 18.2 Å². The van der Waals surface area contributed by atoms with Crippen LogP contribution in [0.5, 0.6) is 0 Å². The van der Waals surface area contributed by atoms with E-state index in [-0.39, 0.29) is 6.07 Å². The number of halogens is 6. The number of rotatable bonds is 4. The molecule has 1 N–H and O–H groups in total. The van der Waals surface area contributed by atoms with Crippen molar-refractivity contribution in [3.05, 3.63) is 94.5 Å². The first-order valence-electron chi connectivity index (χ1n) is 10.3. The molecule has 182 valence electrons. The summed E-state index contributed by atoms with van der Waals surface area (Å²) in [7, 11) is 1.07. The molecule has 4 rings (SSSR count). The second-order valence-corrected chi connectivity index (χ2v) is 7.92. The van der Waals surface area contributed by atoms with Crippen LogP contribution in [0.25, 0.3) is 11.1 Å². The molecule has 1 aliphatic carbocycles. The third-order valence-corrected chi connectivity index (χ3v) is 5.81. The normalized spacial score (nSPS) is 14.1. The van der Waals surface area contributed by atoms with Gasteiger partial charge in [-0.3, -0.25) is 4.79 Å². The molecule has 0 saturated carbocycles. The molecule has 1 atom stereocenters. The van der Waals surface area contributed by atoms with Gasteiger partial charge in [0.2, 0.25) is 0 Å². The lowest BCUT2D eigenvalue weighted by Crippen LogP contribution is -2.45. The van der Waals surface area contributed by atoms with E-state index in [1.54, 1.807) is 36.4 Å². The molecule has 0 fully saturated rings. The molecule has 0 bridgehead atoms. The first kappa shape index (κ1) is 24.3. The van der Waals surface area contributed by atoms with Gasteiger partial charge >= 0.3 is 18.3 Å². The maximum Gasteiger partial charge on any atom is 0.416 e. The topological polar surface area (TPSA) is 55.4 Å². The number of methoxy groups -OCH3 is 1. The fraction of sp³-hybridized carbons (Fsp3) is 0.200. The summed E-state index contributed by atoms with van der Waals surface area (Å²) in [5.41, 5.74) is -1.27. The summed E-state index contributed by atoms with van der Waals surface area (Å²) < 4.78 is 84.3. The summed E-state index contributed by atoms with van der Waals surface area (Å²) in [5, 5.41) is 2.32. The van der Waals surface area contributed by atoms with Gasteiger partial charge in [0.15, 0.2) is 0 Å². The molecule has 0 radical (unpaired) electrons. The molecule has 10 heteroatoms. The number of benzene rings is 3. The first-order chi connectivity index (χ1) is 16.4. The Morgan fingerprint density at radius 1 is 0.800 bits per heavy atom. The van der Waals surface area contributed by atoms with Gasteiger partial charge in [0.25, 0.3) is 5.91 Å². The number of nitrogens with one attached hydrogen (secondary N) is 1. The summed E-state index contributed by atoms with van der Waals surface area (Å²) in [6, 6.07) is 13.2. The molecule has 35 heavy (non-hydrogen) atoms. The Hall–Kier alpha value is -3.82. The van der Waals surface area contributed by atoms with E-state index in [9.17, 15) is 35.9 Å². The predicted octanol–water partition coefficient (Wildman–Crippen LogP) is 5.81. The Kier molecular flexibility index (Phi) is 6.08. The van der Waals surface area contributed by atoms with Crippen LogP contribution in [0.4, 0.5) is 26.3 Å². The van der Waals surface area contributed by atoms with Gasteiger partial charge in [-0.05, 0) is 40.5 Å². The van der Waals surface area contributed by atoms with E-state index in [0.717, 1.165) is 18.2 Å². The standard InChI is InChI=1S/C25H17F6NO3/c1-35-23(34)21(20-18-8-4-2-6-16(18)17-7-3-5-9-19(17)20)32-22(33)13-10-14(24(26,27)28)12-15(11-13)25(29,30)31/h2-12,20-21H,1H3,(H,32,33)/t21-/m0/s1. The monoisotopic (exact) mass is 493 g/mol. The minimum atomic E-state index is -5.12. The molecule has 0 spiro atoms. The molecule has 3 aromatic carbocycles. The lowest BCUT2D eigenvalue weighted by Gasteiger charge is -2.25. The number of amides is 1. The molecular weight excluding hydrogens is 476 g/mol. The summed E-state index contributed by atoms with van der Waals surface area (Å²) >= 11 is 0. The van der Waals surface area contributed by atoms with Crippen LogP contribution in [0.1, 0.15) is 38.5 Å². The Balaban J connectivity index is 1.78. The minimum absolute atomic E-state index is 0.0714. The highest BCUT2D eigenvalue weighted by molar-refractivity contribution is 5.98. The number of hydrogen-bond donors (Lipinski definition) is 1. The predicted molar refractivity (Wildman–Crippen MR) is 113 cm³/mol. The average molecular weight is 493 g/mol. The van der Waals surface area contributed by atoms with E-state index < -0.39 is 52.9 Å². The van der Waals surface area contributed by atoms with Gasteiger partial charge in [-0.2, -0.15) is 26.3 Å². The third-order valence-electron chi connectivity index (χ3n) is 5.81. The zero-order valence-corrected chi connectivity index (χ0v) is 18.0. The molecule has 4 nitrogen and oxygen atoms in total. The molecule has 3 aromatic rings. The molecule has 0 aliphatic heterocycles. The molecule has 0 heterocycles. The molecule has 1 amide bonds. The van der Waals surface area contributed by atoms with Crippen LogP contribution in [0, 0.1) is 0 Å². The highest BCUT2D eigenvalue weighted by Gasteiger charge is 2.41. The highest BCUT2D eigenvalue weighted by Crippen LogP contribution is 2.46. The van der Waals surface area contributed by atoms with E-state index in [2.05, 4.69) is 5.32 Å². The van der Waals surface area contributed by atoms with Crippen LogP contribution < -0.4 is 5.32 Å². The minimum Gasteiger partial charge on any atom is -0.467 e. The first-order valence-corrected chi connectivity index (χ1v) is 10.3. The Bertz CT molecular complexity index is 1220. The van der Waals surface area contributed by atoms with Crippen LogP contribution in [0.2, 0.25) is 0 Å². The van der Waals surface area contributed by atoms with Crippen molar-refractivity contribution in [2.24, 2.45) is 0 Å². The number of carbonyl (C=O) groups is 2. The van der Waals surface area contributed by atoms with Crippen LogP contribution in [-0.4, -0.2) is 25.0 Å². The zero-order valence-electron chi connectivity index (χ0n) is 18.0. The van der Waals surface area contributed by atoms with Crippen molar-refractivity contribution in [2.45, 2.75) is 24.3 Å². The molecular formula is C25H17F6NO3. The van der Waals surface area contributed by atoms with Crippen molar-refractivity contribution < 1.29 is 40.7 Å². The number of alkyl halides is 6. The number of hydrogen-bond acceptors (Lipinski definition) is 3. The molecule has 0 saturated heterocycles. The van der Waals surface area contributed by atoms with Crippen molar-refractivity contribution >= 4 is 11.9 Å². The van der Waals surface area contributed by atoms with Crippen molar-refractivity contribution in [1.29, 1.82) is 0 Å². The lowest BCUT2D eigenvalue weighted by atomic mass is 9.89. The van der Waals surface area contributed by atoms with Crippen molar-refractivity contribution in [1.82, 2.24) is 5.32 Å². The van der Waals surface area contributed by atoms with E-state index in [1.807, 2.05) is 12.1 Å². The number of ether oxygens (including phenoxy) is 1. The van der Waals surface area contributed by atoms with Crippen molar-refractivity contribution in [3.8, 4) is 11.1 Å². The van der Waals surface area contributed by atoms with E-state index >= 15 is 0 Å². The number of carbonyl (C=O) groups excluding carboxylic acids is 2. The van der Waals surface area contributed by atoms with Crippen LogP contribution in [0.3, 0.4) is 0 Å². The Labute approximate surface area is 195 Å². The second-order valence-electron chi connectivity index (χ2n) is 7.92. The Morgan fingerprint density at radius 3 is 1.69 bits per heavy atom. The average Bonchev–Trinajstić information content (AvgIpc) is 3.15. The maximum atomic E-state index is 13.2. The smallest absolute Gasteiger partial charge is 0.416 e. The number of fused-ring (bicyclic) bond motifs is 3. The van der Waals surface area contributed by atoms with Crippen LogP contribution >= 0.6 is 0 Å². The molecule has 0 aromatic heterocycles. The summed E-state index contributed by atoms with van der Waals surface area (Å²) in [4.78, 5) is 25.7. The zero-order chi connectivity index (χ0) is 25.5. The summed E-state index contributed by atoms with van der Waals surface area (Å²) in [5.74, 6) is -2.96.